The molecule has 0 unspecified atom stereocenters. The molecule has 1 aliphatic heterocycles. The number of pyridine rings is 1. The van der Waals surface area contributed by atoms with Crippen LogP contribution in [0.3, 0.4) is 0 Å². The van der Waals surface area contributed by atoms with Gasteiger partial charge in [-0.3, -0.25) is 9.78 Å². The Hall–Kier alpha value is -4.70. The minimum atomic E-state index is -5.07. The number of methoxy groups -OCH3 is 1. The number of piperazine rings is 1. The molecule has 0 bridgehead atoms. The molecule has 41 heavy (non-hydrogen) atoms. The molecule has 212 valence electrons. The van der Waals surface area contributed by atoms with E-state index < -0.39 is 23.8 Å². The maximum Gasteiger partial charge on any atom is 0.573 e. The molecule has 0 radical (unpaired) electrons. The number of aromatic nitrogens is 3. The molecule has 1 aliphatic carbocycles. The van der Waals surface area contributed by atoms with E-state index in [1.807, 2.05) is 31.2 Å². The maximum atomic E-state index is 13.9. The van der Waals surface area contributed by atoms with Gasteiger partial charge < -0.3 is 19.3 Å². The van der Waals surface area contributed by atoms with Crippen molar-refractivity contribution in [2.45, 2.75) is 19.7 Å². The average Bonchev–Trinajstić information content (AvgIpc) is 2.92. The summed E-state index contributed by atoms with van der Waals surface area (Å²) in [6.45, 7) is 5.65. The number of aryl methyl sites for hydroxylation is 1. The van der Waals surface area contributed by atoms with E-state index in [1.165, 1.54) is 18.2 Å². The van der Waals surface area contributed by atoms with Crippen LogP contribution in [0, 0.1) is 6.92 Å². The SMILES string of the molecule is C=C(F)C(=O)N1CCN(c2nc(OC)nc3c(OC(F)(F)F)c(C4=C=C/C=C\Cc5cccc(C)c54)ncc23)CC1. The van der Waals surface area contributed by atoms with E-state index >= 15 is 0 Å². The van der Waals surface area contributed by atoms with Crippen LogP contribution in [0.5, 0.6) is 11.8 Å². The summed E-state index contributed by atoms with van der Waals surface area (Å²) in [6.07, 6.45) is 2.21. The van der Waals surface area contributed by atoms with Crippen molar-refractivity contribution in [3.63, 3.8) is 0 Å². The molecule has 1 fully saturated rings. The van der Waals surface area contributed by atoms with E-state index in [4.69, 9.17) is 4.74 Å². The van der Waals surface area contributed by atoms with Crippen LogP contribution in [0.2, 0.25) is 0 Å². The number of carbonyl (C=O) groups excluding carboxylic acids is 1. The minimum absolute atomic E-state index is 0.0968. The van der Waals surface area contributed by atoms with Crippen LogP contribution in [0.15, 0.2) is 60.8 Å². The first-order valence-corrected chi connectivity index (χ1v) is 12.7. The third kappa shape index (κ3) is 5.64. The number of anilines is 1. The molecule has 1 aromatic carbocycles. The third-order valence-electron chi connectivity index (χ3n) is 6.80. The molecule has 2 aromatic heterocycles. The van der Waals surface area contributed by atoms with Gasteiger partial charge in [0.25, 0.3) is 5.91 Å². The Bertz CT molecular complexity index is 1640. The second-order valence-electron chi connectivity index (χ2n) is 9.39. The number of rotatable bonds is 5. The average molecular weight is 568 g/mol. The number of nitrogens with zero attached hydrogens (tertiary/aromatic N) is 5. The molecule has 5 rings (SSSR count). The molecule has 0 atom stereocenters. The number of benzene rings is 1. The highest BCUT2D eigenvalue weighted by Crippen LogP contribution is 2.41. The summed E-state index contributed by atoms with van der Waals surface area (Å²) in [5.74, 6) is -2.25. The largest absolute Gasteiger partial charge is 0.573 e. The Labute approximate surface area is 232 Å². The molecular formula is C29H25F4N5O3. The first kappa shape index (κ1) is 27.9. The zero-order chi connectivity index (χ0) is 29.3. The Morgan fingerprint density at radius 2 is 1.90 bits per heavy atom. The van der Waals surface area contributed by atoms with Crippen LogP contribution >= 0.6 is 0 Å². The van der Waals surface area contributed by atoms with Crippen molar-refractivity contribution in [1.82, 2.24) is 19.9 Å². The lowest BCUT2D eigenvalue weighted by molar-refractivity contribution is -0.274. The summed E-state index contributed by atoms with van der Waals surface area (Å²) in [6, 6.07) is 5.46. The van der Waals surface area contributed by atoms with E-state index in [9.17, 15) is 22.4 Å². The van der Waals surface area contributed by atoms with Crippen LogP contribution in [-0.2, 0) is 11.2 Å². The second kappa shape index (κ2) is 11.1. The lowest BCUT2D eigenvalue weighted by Gasteiger charge is -2.35. The number of hydrogen-bond acceptors (Lipinski definition) is 7. The topological polar surface area (TPSA) is 80.7 Å². The van der Waals surface area contributed by atoms with Crippen molar-refractivity contribution >= 4 is 28.2 Å². The Balaban J connectivity index is 1.70. The number of halogens is 4. The zero-order valence-electron chi connectivity index (χ0n) is 22.3. The van der Waals surface area contributed by atoms with E-state index in [1.54, 1.807) is 17.1 Å². The molecule has 0 N–H and O–H groups in total. The smallest absolute Gasteiger partial charge is 0.467 e. The normalized spacial score (nSPS) is 16.0. The quantitative estimate of drug-likeness (QED) is 0.242. The van der Waals surface area contributed by atoms with Gasteiger partial charge in [0, 0.05) is 32.4 Å². The molecule has 2 aliphatic rings. The van der Waals surface area contributed by atoms with Crippen molar-refractivity contribution < 1.29 is 31.8 Å². The van der Waals surface area contributed by atoms with E-state index in [0.29, 0.717) is 17.6 Å². The Kier molecular flexibility index (Phi) is 7.51. The van der Waals surface area contributed by atoms with Gasteiger partial charge in [-0.2, -0.15) is 9.97 Å². The fourth-order valence-electron chi connectivity index (χ4n) is 4.95. The van der Waals surface area contributed by atoms with Crippen LogP contribution in [-0.4, -0.2) is 65.4 Å². The highest BCUT2D eigenvalue weighted by Gasteiger charge is 2.36. The predicted octanol–water partition coefficient (Wildman–Crippen LogP) is 5.07. The zero-order valence-corrected chi connectivity index (χ0v) is 22.3. The molecule has 8 nitrogen and oxygen atoms in total. The van der Waals surface area contributed by atoms with Crippen molar-refractivity contribution in [3.8, 4) is 11.8 Å². The van der Waals surface area contributed by atoms with Gasteiger partial charge in [-0.15, -0.1) is 18.9 Å². The first-order chi connectivity index (χ1) is 19.6. The number of carbonyl (C=O) groups is 1. The van der Waals surface area contributed by atoms with Gasteiger partial charge in [-0.05, 0) is 36.1 Å². The summed E-state index contributed by atoms with van der Waals surface area (Å²) in [7, 11) is 1.30. The standard InChI is InChI=1S/C29H25F4N5O3/c1-17-8-7-10-19-9-5-4-6-11-20(22(17)19)23-25(41-29(31,32)33)24-21(16-34-23)26(36-28(35-24)40-3)37-12-14-38(15-13-37)27(39)18(2)30/h4-8,10,16H,2,9,12-15H2,1,3H3/b5-4-. The van der Waals surface area contributed by atoms with Gasteiger partial charge in [-0.25, -0.2) is 4.39 Å². The summed E-state index contributed by atoms with van der Waals surface area (Å²) >= 11 is 0. The first-order valence-electron chi connectivity index (χ1n) is 12.7. The molecule has 1 saturated heterocycles. The lowest BCUT2D eigenvalue weighted by atomic mass is 9.90. The van der Waals surface area contributed by atoms with E-state index in [0.717, 1.165) is 11.1 Å². The number of amides is 1. The number of allylic oxidation sites excluding steroid dienone is 3. The van der Waals surface area contributed by atoms with Crippen LogP contribution in [0.25, 0.3) is 16.5 Å². The van der Waals surface area contributed by atoms with Crippen molar-refractivity contribution in [1.29, 1.82) is 0 Å². The fourth-order valence-corrected chi connectivity index (χ4v) is 4.95. The predicted molar refractivity (Wildman–Crippen MR) is 144 cm³/mol. The molecule has 0 spiro atoms. The number of hydrogen-bond donors (Lipinski definition) is 0. The van der Waals surface area contributed by atoms with Crippen LogP contribution in [0.1, 0.15) is 22.4 Å². The number of fused-ring (bicyclic) bond motifs is 2. The molecular weight excluding hydrogens is 542 g/mol. The third-order valence-corrected chi connectivity index (χ3v) is 6.80. The Morgan fingerprint density at radius 1 is 1.15 bits per heavy atom. The lowest BCUT2D eigenvalue weighted by Crippen LogP contribution is -2.49. The summed E-state index contributed by atoms with van der Waals surface area (Å²) in [4.78, 5) is 28.2. The van der Waals surface area contributed by atoms with Crippen LogP contribution < -0.4 is 14.4 Å². The molecule has 3 aromatic rings. The van der Waals surface area contributed by atoms with Gasteiger partial charge in [0.15, 0.2) is 11.6 Å². The molecule has 3 heterocycles. The van der Waals surface area contributed by atoms with E-state index in [-0.39, 0.29) is 54.6 Å². The monoisotopic (exact) mass is 567 g/mol. The minimum Gasteiger partial charge on any atom is -0.467 e. The molecule has 12 heteroatoms. The highest BCUT2D eigenvalue weighted by molar-refractivity contribution is 5.98. The summed E-state index contributed by atoms with van der Waals surface area (Å²) in [5.41, 5.74) is 5.57. The molecule has 1 amide bonds. The molecule has 0 saturated carbocycles. The highest BCUT2D eigenvalue weighted by atomic mass is 19.4. The maximum absolute atomic E-state index is 13.9. The summed E-state index contributed by atoms with van der Waals surface area (Å²) in [5, 5.41) is 0.184. The van der Waals surface area contributed by atoms with Crippen molar-refractivity contribution in [2.24, 2.45) is 0 Å². The van der Waals surface area contributed by atoms with Gasteiger partial charge in [0.2, 0.25) is 0 Å². The van der Waals surface area contributed by atoms with Gasteiger partial charge in [0.1, 0.15) is 17.0 Å². The van der Waals surface area contributed by atoms with Gasteiger partial charge in [0.05, 0.1) is 18.1 Å². The number of alkyl halides is 3. The second-order valence-corrected chi connectivity index (χ2v) is 9.39. The van der Waals surface area contributed by atoms with E-state index in [2.05, 4.69) is 32.0 Å². The van der Waals surface area contributed by atoms with Gasteiger partial charge in [-0.1, -0.05) is 36.9 Å². The fraction of sp³-hybridized carbons (Fsp3) is 0.276. The Morgan fingerprint density at radius 3 is 2.59 bits per heavy atom. The summed E-state index contributed by atoms with van der Waals surface area (Å²) < 4.78 is 65.0. The van der Waals surface area contributed by atoms with Crippen LogP contribution in [0.4, 0.5) is 23.4 Å². The van der Waals surface area contributed by atoms with Crippen molar-refractivity contribution in [2.75, 3.05) is 38.2 Å². The van der Waals surface area contributed by atoms with Gasteiger partial charge >= 0.3 is 12.4 Å². The van der Waals surface area contributed by atoms with Crippen molar-refractivity contribution in [3.05, 3.63) is 83.1 Å². The number of ether oxygens (including phenoxy) is 2.